The number of benzene rings is 2. The second-order valence-electron chi connectivity index (χ2n) is 7.35. The number of imidazole rings is 1. The van der Waals surface area contributed by atoms with E-state index >= 15 is 0 Å². The quantitative estimate of drug-likeness (QED) is 0.351. The zero-order chi connectivity index (χ0) is 21.6. The molecule has 0 aliphatic carbocycles. The monoisotopic (exact) mass is 449 g/mol. The van der Waals surface area contributed by atoms with E-state index in [1.807, 2.05) is 49.5 Å². The van der Waals surface area contributed by atoms with Crippen molar-refractivity contribution < 1.29 is 9.52 Å². The Bertz CT molecular complexity index is 1400. The average Bonchev–Trinajstić information content (AvgIpc) is 3.45. The van der Waals surface area contributed by atoms with Gasteiger partial charge in [0.2, 0.25) is 0 Å². The Labute approximate surface area is 188 Å². The number of aromatic nitrogens is 3. The first-order valence-electron chi connectivity index (χ1n) is 9.55. The normalized spacial score (nSPS) is 13.4. The van der Waals surface area contributed by atoms with Crippen molar-refractivity contribution in [2.75, 3.05) is 0 Å². The third-order valence-corrected chi connectivity index (χ3v) is 5.89. The van der Waals surface area contributed by atoms with Crippen LogP contribution in [-0.4, -0.2) is 19.6 Å². The van der Waals surface area contributed by atoms with Gasteiger partial charge in [0, 0.05) is 23.0 Å². The molecule has 0 aliphatic rings. The summed E-state index contributed by atoms with van der Waals surface area (Å²) in [4.78, 5) is 8.67. The number of rotatable bonds is 4. The Morgan fingerprint density at radius 3 is 2.61 bits per heavy atom. The van der Waals surface area contributed by atoms with Crippen molar-refractivity contribution in [3.05, 3.63) is 107 Å². The molecule has 3 aromatic heterocycles. The first kappa shape index (κ1) is 19.8. The number of fused-ring (bicyclic) bond motifs is 1. The molecule has 3 heterocycles. The molecule has 1 atom stereocenters. The molecule has 5 nitrogen and oxygen atoms in total. The van der Waals surface area contributed by atoms with Crippen LogP contribution in [-0.2, 0) is 12.6 Å². The second-order valence-corrected chi connectivity index (χ2v) is 8.17. The van der Waals surface area contributed by atoms with Crippen LogP contribution in [0.3, 0.4) is 0 Å². The van der Waals surface area contributed by atoms with Crippen LogP contribution in [0.25, 0.3) is 22.0 Å². The molecular weight excluding hydrogens is 433 g/mol. The summed E-state index contributed by atoms with van der Waals surface area (Å²) in [6.45, 7) is 0. The number of aryl methyl sites for hydroxylation is 1. The Hall–Kier alpha value is -3.12. The summed E-state index contributed by atoms with van der Waals surface area (Å²) in [5.74, 6) is 0. The Kier molecular flexibility index (Phi) is 4.82. The van der Waals surface area contributed by atoms with Gasteiger partial charge in [-0.05, 0) is 53.1 Å². The molecule has 0 saturated heterocycles. The number of furan rings is 1. The van der Waals surface area contributed by atoms with Gasteiger partial charge in [0.05, 0.1) is 36.3 Å². The Morgan fingerprint density at radius 2 is 1.90 bits per heavy atom. The number of halogens is 2. The maximum Gasteiger partial charge on any atom is 0.160 e. The summed E-state index contributed by atoms with van der Waals surface area (Å²) in [5.41, 5.74) is 2.88. The fourth-order valence-corrected chi connectivity index (χ4v) is 4.34. The van der Waals surface area contributed by atoms with Crippen molar-refractivity contribution in [1.82, 2.24) is 14.5 Å². The molecule has 5 aromatic rings. The van der Waals surface area contributed by atoms with Crippen LogP contribution >= 0.6 is 23.2 Å². The van der Waals surface area contributed by atoms with Gasteiger partial charge >= 0.3 is 0 Å². The van der Waals surface area contributed by atoms with Crippen LogP contribution in [0.2, 0.25) is 10.2 Å². The molecule has 1 N–H and O–H groups in total. The Morgan fingerprint density at radius 1 is 1.03 bits per heavy atom. The molecule has 1 unspecified atom stereocenters. The van der Waals surface area contributed by atoms with E-state index < -0.39 is 5.60 Å². The highest BCUT2D eigenvalue weighted by Gasteiger charge is 2.37. The van der Waals surface area contributed by atoms with Gasteiger partial charge in [-0.1, -0.05) is 41.4 Å². The van der Waals surface area contributed by atoms with Gasteiger partial charge < -0.3 is 14.1 Å². The Balaban J connectivity index is 1.80. The predicted molar refractivity (Wildman–Crippen MR) is 121 cm³/mol. The SMILES string of the molecule is Cn1cncc1C(O)(c1ccoc1)c1ccc2nc(Cl)cc(-c3cccc(Cl)c3)c2c1. The highest BCUT2D eigenvalue weighted by molar-refractivity contribution is 6.31. The molecule has 154 valence electrons. The zero-order valence-electron chi connectivity index (χ0n) is 16.5. The minimum Gasteiger partial charge on any atom is -0.472 e. The molecular formula is C24H17Cl2N3O2. The van der Waals surface area contributed by atoms with E-state index in [4.69, 9.17) is 27.6 Å². The highest BCUT2D eigenvalue weighted by atomic mass is 35.5. The van der Waals surface area contributed by atoms with Gasteiger partial charge in [-0.2, -0.15) is 0 Å². The van der Waals surface area contributed by atoms with E-state index in [2.05, 4.69) is 9.97 Å². The molecule has 0 spiro atoms. The van der Waals surface area contributed by atoms with E-state index in [9.17, 15) is 5.11 Å². The standard InChI is InChI=1S/C24H17Cl2N3O2/c1-29-14-27-12-22(29)24(30,17-7-8-31-13-17)16-5-6-21-20(10-16)19(11-23(26)28-21)15-3-2-4-18(25)9-15/h2-14,30H,1H3. The predicted octanol–water partition coefficient (Wildman–Crippen LogP) is 5.82. The van der Waals surface area contributed by atoms with Crippen LogP contribution < -0.4 is 0 Å². The van der Waals surface area contributed by atoms with E-state index in [0.717, 1.165) is 16.5 Å². The third-order valence-electron chi connectivity index (χ3n) is 5.46. The van der Waals surface area contributed by atoms with Crippen LogP contribution in [0.4, 0.5) is 0 Å². The van der Waals surface area contributed by atoms with Gasteiger partial charge in [0.15, 0.2) is 5.60 Å². The number of nitrogens with zero attached hydrogens (tertiary/aromatic N) is 3. The molecule has 2 aromatic carbocycles. The van der Waals surface area contributed by atoms with Gasteiger partial charge in [-0.15, -0.1) is 0 Å². The summed E-state index contributed by atoms with van der Waals surface area (Å²) in [5, 5.41) is 13.9. The van der Waals surface area contributed by atoms with Crippen molar-refractivity contribution in [1.29, 1.82) is 0 Å². The smallest absolute Gasteiger partial charge is 0.160 e. The molecule has 5 rings (SSSR count). The molecule has 7 heteroatoms. The van der Waals surface area contributed by atoms with E-state index in [-0.39, 0.29) is 0 Å². The van der Waals surface area contributed by atoms with Gasteiger partial charge in [-0.25, -0.2) is 9.97 Å². The van der Waals surface area contributed by atoms with Gasteiger partial charge in [0.25, 0.3) is 0 Å². The van der Waals surface area contributed by atoms with E-state index in [1.54, 1.807) is 29.2 Å². The summed E-state index contributed by atoms with van der Waals surface area (Å²) in [6, 6.07) is 16.7. The lowest BCUT2D eigenvalue weighted by atomic mass is 9.84. The van der Waals surface area contributed by atoms with Crippen molar-refractivity contribution >= 4 is 34.1 Å². The molecule has 31 heavy (non-hydrogen) atoms. The van der Waals surface area contributed by atoms with Crippen molar-refractivity contribution in [2.24, 2.45) is 7.05 Å². The first-order valence-corrected chi connectivity index (χ1v) is 10.3. The van der Waals surface area contributed by atoms with Crippen LogP contribution in [0.1, 0.15) is 16.8 Å². The molecule has 0 aliphatic heterocycles. The fraction of sp³-hybridized carbons (Fsp3) is 0.0833. The van der Waals surface area contributed by atoms with Crippen molar-refractivity contribution in [2.45, 2.75) is 5.60 Å². The number of hydrogen-bond acceptors (Lipinski definition) is 4. The fourth-order valence-electron chi connectivity index (χ4n) is 3.95. The third kappa shape index (κ3) is 3.31. The number of hydrogen-bond donors (Lipinski definition) is 1. The van der Waals surface area contributed by atoms with Crippen LogP contribution in [0, 0.1) is 0 Å². The minimum absolute atomic E-state index is 0.381. The van der Waals surface area contributed by atoms with Crippen molar-refractivity contribution in [3.63, 3.8) is 0 Å². The van der Waals surface area contributed by atoms with Gasteiger partial charge in [-0.3, -0.25) is 0 Å². The summed E-state index contributed by atoms with van der Waals surface area (Å²) >= 11 is 12.5. The summed E-state index contributed by atoms with van der Waals surface area (Å²) in [6.07, 6.45) is 6.38. The van der Waals surface area contributed by atoms with Crippen LogP contribution in [0.5, 0.6) is 0 Å². The number of aliphatic hydroxyl groups is 1. The lowest BCUT2D eigenvalue weighted by Crippen LogP contribution is -2.30. The number of pyridine rings is 1. The van der Waals surface area contributed by atoms with Gasteiger partial charge in [0.1, 0.15) is 5.15 Å². The lowest BCUT2D eigenvalue weighted by Gasteiger charge is -2.28. The van der Waals surface area contributed by atoms with Crippen molar-refractivity contribution in [3.8, 4) is 11.1 Å². The van der Waals surface area contributed by atoms with Crippen LogP contribution in [0.15, 0.2) is 84.1 Å². The average molecular weight is 450 g/mol. The minimum atomic E-state index is -1.47. The molecule has 0 saturated carbocycles. The summed E-state index contributed by atoms with van der Waals surface area (Å²) in [7, 11) is 1.84. The maximum absolute atomic E-state index is 12.0. The van der Waals surface area contributed by atoms with E-state index in [0.29, 0.717) is 32.5 Å². The zero-order valence-corrected chi connectivity index (χ0v) is 18.0. The topological polar surface area (TPSA) is 64.1 Å². The second kappa shape index (κ2) is 7.54. The molecule has 0 amide bonds. The summed E-state index contributed by atoms with van der Waals surface area (Å²) < 4.78 is 7.08. The molecule has 0 radical (unpaired) electrons. The molecule has 0 fully saturated rings. The maximum atomic E-state index is 12.0. The van der Waals surface area contributed by atoms with E-state index in [1.165, 1.54) is 12.5 Å². The largest absolute Gasteiger partial charge is 0.472 e. The lowest BCUT2D eigenvalue weighted by molar-refractivity contribution is 0.117. The molecule has 0 bridgehead atoms. The first-order chi connectivity index (χ1) is 15.0. The highest BCUT2D eigenvalue weighted by Crippen LogP contribution is 2.40.